The highest BCUT2D eigenvalue weighted by atomic mass is 32.1. The maximum atomic E-state index is 5.53. The highest BCUT2D eigenvalue weighted by Crippen LogP contribution is 2.35. The van der Waals surface area contributed by atoms with Gasteiger partial charge in [-0.15, -0.1) is 22.7 Å². The summed E-state index contributed by atoms with van der Waals surface area (Å²) >= 11 is 3.39. The van der Waals surface area contributed by atoms with Crippen molar-refractivity contribution in [1.29, 1.82) is 0 Å². The SMILES string of the molecule is COc1ccc(-c2nc(CN3CCN(Cc4csc(C)n4)CC3)cs2)c(OC)c1. The number of aromatic nitrogens is 2. The van der Waals surface area contributed by atoms with Crippen molar-refractivity contribution in [2.45, 2.75) is 20.0 Å². The Morgan fingerprint density at radius 3 is 2.14 bits per heavy atom. The Labute approximate surface area is 179 Å². The van der Waals surface area contributed by atoms with Gasteiger partial charge in [0.25, 0.3) is 0 Å². The lowest BCUT2D eigenvalue weighted by molar-refractivity contribution is 0.120. The van der Waals surface area contributed by atoms with Gasteiger partial charge in [-0.2, -0.15) is 0 Å². The summed E-state index contributed by atoms with van der Waals surface area (Å²) < 4.78 is 10.8. The Morgan fingerprint density at radius 2 is 1.55 bits per heavy atom. The van der Waals surface area contributed by atoms with E-state index < -0.39 is 0 Å². The van der Waals surface area contributed by atoms with Gasteiger partial charge in [0, 0.05) is 56.1 Å². The maximum absolute atomic E-state index is 5.53. The third-order valence-corrected chi connectivity index (χ3v) is 6.84. The van der Waals surface area contributed by atoms with Crippen LogP contribution in [0.25, 0.3) is 10.6 Å². The predicted molar refractivity (Wildman–Crippen MR) is 118 cm³/mol. The Bertz CT molecular complexity index is 948. The summed E-state index contributed by atoms with van der Waals surface area (Å²) in [5.74, 6) is 1.57. The molecule has 0 amide bonds. The minimum atomic E-state index is 0.785. The molecule has 0 saturated carbocycles. The van der Waals surface area contributed by atoms with Gasteiger partial charge in [-0.05, 0) is 19.1 Å². The second-order valence-corrected chi connectivity index (χ2v) is 9.04. The Balaban J connectivity index is 1.34. The summed E-state index contributed by atoms with van der Waals surface area (Å²) in [6.45, 7) is 8.16. The summed E-state index contributed by atoms with van der Waals surface area (Å²) in [4.78, 5) is 14.4. The monoisotopic (exact) mass is 430 g/mol. The van der Waals surface area contributed by atoms with E-state index in [1.165, 1.54) is 5.69 Å². The Kier molecular flexibility index (Phi) is 6.44. The molecule has 0 N–H and O–H groups in total. The number of piperazine rings is 1. The molecule has 0 bridgehead atoms. The summed E-state index contributed by atoms with van der Waals surface area (Å²) in [6, 6.07) is 5.86. The van der Waals surface area contributed by atoms with Gasteiger partial charge >= 0.3 is 0 Å². The second kappa shape index (κ2) is 9.21. The molecule has 0 aliphatic carbocycles. The summed E-state index contributed by atoms with van der Waals surface area (Å²) in [7, 11) is 3.34. The van der Waals surface area contributed by atoms with Gasteiger partial charge < -0.3 is 9.47 Å². The molecule has 1 fully saturated rings. The van der Waals surface area contributed by atoms with Crippen LogP contribution >= 0.6 is 22.7 Å². The third-order valence-electron chi connectivity index (χ3n) is 5.09. The van der Waals surface area contributed by atoms with Crippen LogP contribution in [0.2, 0.25) is 0 Å². The van der Waals surface area contributed by atoms with E-state index in [1.54, 1.807) is 36.9 Å². The van der Waals surface area contributed by atoms with Gasteiger partial charge in [0.2, 0.25) is 0 Å². The van der Waals surface area contributed by atoms with E-state index >= 15 is 0 Å². The van der Waals surface area contributed by atoms with E-state index in [1.807, 2.05) is 18.2 Å². The van der Waals surface area contributed by atoms with Crippen LogP contribution in [-0.2, 0) is 13.1 Å². The predicted octanol–water partition coefficient (Wildman–Crippen LogP) is 3.91. The first-order valence-corrected chi connectivity index (χ1v) is 11.4. The maximum Gasteiger partial charge on any atom is 0.132 e. The van der Waals surface area contributed by atoms with Crippen LogP contribution in [0.4, 0.5) is 0 Å². The smallest absolute Gasteiger partial charge is 0.132 e. The molecule has 2 aromatic heterocycles. The minimum absolute atomic E-state index is 0.785. The zero-order valence-corrected chi connectivity index (χ0v) is 18.7. The first-order valence-electron chi connectivity index (χ1n) is 9.67. The number of ether oxygens (including phenoxy) is 2. The van der Waals surface area contributed by atoms with Gasteiger partial charge in [-0.3, -0.25) is 9.80 Å². The number of thiazole rings is 2. The van der Waals surface area contributed by atoms with Crippen LogP contribution in [0, 0.1) is 6.92 Å². The summed E-state index contributed by atoms with van der Waals surface area (Å²) in [5, 5.41) is 6.46. The molecule has 0 atom stereocenters. The van der Waals surface area contributed by atoms with Crippen LogP contribution in [0.3, 0.4) is 0 Å². The van der Waals surface area contributed by atoms with Gasteiger partial charge in [-0.1, -0.05) is 0 Å². The molecule has 1 aliphatic rings. The van der Waals surface area contributed by atoms with E-state index in [0.717, 1.165) is 72.0 Å². The lowest BCUT2D eigenvalue weighted by atomic mass is 10.2. The number of aryl methyl sites for hydroxylation is 1. The summed E-state index contributed by atoms with van der Waals surface area (Å²) in [5.41, 5.74) is 3.32. The molecule has 29 heavy (non-hydrogen) atoms. The molecular formula is C21H26N4O2S2. The van der Waals surface area contributed by atoms with Crippen molar-refractivity contribution in [3.63, 3.8) is 0 Å². The number of nitrogens with zero attached hydrogens (tertiary/aromatic N) is 4. The van der Waals surface area contributed by atoms with Crippen LogP contribution in [0.1, 0.15) is 16.4 Å². The normalized spacial score (nSPS) is 15.6. The van der Waals surface area contributed by atoms with Gasteiger partial charge in [0.05, 0.1) is 36.2 Å². The van der Waals surface area contributed by atoms with Gasteiger partial charge in [0.1, 0.15) is 16.5 Å². The lowest BCUT2D eigenvalue weighted by Gasteiger charge is -2.33. The molecule has 8 heteroatoms. The topological polar surface area (TPSA) is 50.7 Å². The zero-order valence-electron chi connectivity index (χ0n) is 17.1. The first-order chi connectivity index (χ1) is 14.1. The van der Waals surface area contributed by atoms with Crippen molar-refractivity contribution in [1.82, 2.24) is 19.8 Å². The van der Waals surface area contributed by atoms with E-state index in [2.05, 4.69) is 32.5 Å². The molecule has 0 unspecified atom stereocenters. The number of rotatable bonds is 7. The molecule has 3 heterocycles. The van der Waals surface area contributed by atoms with E-state index in [9.17, 15) is 0 Å². The largest absolute Gasteiger partial charge is 0.497 e. The van der Waals surface area contributed by atoms with Crippen molar-refractivity contribution in [3.05, 3.63) is 45.4 Å². The molecule has 1 aromatic carbocycles. The first kappa shape index (κ1) is 20.3. The minimum Gasteiger partial charge on any atom is -0.497 e. The highest BCUT2D eigenvalue weighted by Gasteiger charge is 2.19. The number of hydrogen-bond acceptors (Lipinski definition) is 8. The van der Waals surface area contributed by atoms with Crippen molar-refractivity contribution in [2.75, 3.05) is 40.4 Å². The van der Waals surface area contributed by atoms with Crippen molar-refractivity contribution >= 4 is 22.7 Å². The molecule has 4 rings (SSSR count). The van der Waals surface area contributed by atoms with Crippen molar-refractivity contribution in [3.8, 4) is 22.1 Å². The Hall–Kier alpha value is -2.00. The van der Waals surface area contributed by atoms with Crippen LogP contribution < -0.4 is 9.47 Å². The van der Waals surface area contributed by atoms with Crippen molar-refractivity contribution in [2.24, 2.45) is 0 Å². The molecule has 0 radical (unpaired) electrons. The lowest BCUT2D eigenvalue weighted by Crippen LogP contribution is -2.45. The fraction of sp³-hybridized carbons (Fsp3) is 0.429. The Morgan fingerprint density at radius 1 is 0.897 bits per heavy atom. The fourth-order valence-electron chi connectivity index (χ4n) is 3.52. The van der Waals surface area contributed by atoms with Gasteiger partial charge in [-0.25, -0.2) is 9.97 Å². The van der Waals surface area contributed by atoms with E-state index in [-0.39, 0.29) is 0 Å². The standard InChI is InChI=1S/C21H26N4O2S2/c1-15-22-16(13-28-15)11-24-6-8-25(9-7-24)12-17-14-29-21(23-17)19-5-4-18(26-2)10-20(19)27-3/h4-5,10,13-14H,6-9,11-12H2,1-3H3. The molecule has 3 aromatic rings. The second-order valence-electron chi connectivity index (χ2n) is 7.12. The molecule has 1 aliphatic heterocycles. The number of hydrogen-bond donors (Lipinski definition) is 0. The van der Waals surface area contributed by atoms with Gasteiger partial charge in [0.15, 0.2) is 0 Å². The average Bonchev–Trinajstić information content (AvgIpc) is 3.37. The highest BCUT2D eigenvalue weighted by molar-refractivity contribution is 7.13. The number of benzene rings is 1. The summed E-state index contributed by atoms with van der Waals surface area (Å²) in [6.07, 6.45) is 0. The molecule has 1 saturated heterocycles. The molecule has 6 nitrogen and oxygen atoms in total. The zero-order chi connectivity index (χ0) is 20.2. The van der Waals surface area contributed by atoms with Crippen LogP contribution in [0.15, 0.2) is 29.0 Å². The van der Waals surface area contributed by atoms with E-state index in [0.29, 0.717) is 0 Å². The van der Waals surface area contributed by atoms with Crippen LogP contribution in [-0.4, -0.2) is 60.2 Å². The molecular weight excluding hydrogens is 404 g/mol. The average molecular weight is 431 g/mol. The molecule has 0 spiro atoms. The molecule has 154 valence electrons. The van der Waals surface area contributed by atoms with Crippen LogP contribution in [0.5, 0.6) is 11.5 Å². The fourth-order valence-corrected chi connectivity index (χ4v) is 4.97. The van der Waals surface area contributed by atoms with E-state index in [4.69, 9.17) is 14.5 Å². The number of methoxy groups -OCH3 is 2. The van der Waals surface area contributed by atoms with Crippen molar-refractivity contribution < 1.29 is 9.47 Å². The third kappa shape index (κ3) is 4.95. The quantitative estimate of drug-likeness (QED) is 0.566.